The van der Waals surface area contributed by atoms with E-state index < -0.39 is 18.6 Å². The van der Waals surface area contributed by atoms with E-state index >= 15 is 0 Å². The molecule has 2 heterocycles. The summed E-state index contributed by atoms with van der Waals surface area (Å²) in [5, 5.41) is 13.1. The number of nitriles is 1. The molecule has 0 saturated carbocycles. The van der Waals surface area contributed by atoms with Crippen LogP contribution in [-0.2, 0) is 6.67 Å². The number of nitrogens with zero attached hydrogens (tertiary/aromatic N) is 4. The molecule has 0 fully saturated rings. The number of carbonyl (C=O) groups is 1. The standard InChI is InChI=1S/C24H20FN7O/c1-13(31-24-17(11-26)22(27)29-12-30-24)21-19(15-5-3-2-4-6-15)20(23(28)33)16-9-14(10-25)7-8-18(16)32-21/h2-9,12-13H,10H2,1H3,(H2,28,33)(H3,27,29,30,31). The first kappa shape index (κ1) is 21.6. The molecular weight excluding hydrogens is 421 g/mol. The van der Waals surface area contributed by atoms with Crippen LogP contribution >= 0.6 is 0 Å². The number of amides is 1. The van der Waals surface area contributed by atoms with E-state index in [0.29, 0.717) is 27.7 Å². The van der Waals surface area contributed by atoms with Crippen LogP contribution in [-0.4, -0.2) is 20.9 Å². The van der Waals surface area contributed by atoms with Gasteiger partial charge < -0.3 is 16.8 Å². The molecule has 0 aliphatic heterocycles. The van der Waals surface area contributed by atoms with Gasteiger partial charge in [-0.3, -0.25) is 4.79 Å². The van der Waals surface area contributed by atoms with Crippen molar-refractivity contribution in [1.29, 1.82) is 5.26 Å². The number of primary amides is 1. The summed E-state index contributed by atoms with van der Waals surface area (Å²) in [6, 6.07) is 15.6. The monoisotopic (exact) mass is 441 g/mol. The molecule has 8 nitrogen and oxygen atoms in total. The normalized spacial score (nSPS) is 11.7. The highest BCUT2D eigenvalue weighted by Gasteiger charge is 2.24. The van der Waals surface area contributed by atoms with E-state index in [9.17, 15) is 14.4 Å². The lowest BCUT2D eigenvalue weighted by molar-refractivity contribution is 0.100. The summed E-state index contributed by atoms with van der Waals surface area (Å²) in [7, 11) is 0. The van der Waals surface area contributed by atoms with Crippen LogP contribution in [0.25, 0.3) is 22.0 Å². The number of nitrogens with two attached hydrogens (primary N) is 2. The molecule has 33 heavy (non-hydrogen) atoms. The van der Waals surface area contributed by atoms with Gasteiger partial charge in [0.1, 0.15) is 36.3 Å². The van der Waals surface area contributed by atoms with E-state index in [1.807, 2.05) is 43.3 Å². The molecule has 1 atom stereocenters. The Morgan fingerprint density at radius 1 is 1.21 bits per heavy atom. The van der Waals surface area contributed by atoms with Crippen molar-refractivity contribution < 1.29 is 9.18 Å². The summed E-state index contributed by atoms with van der Waals surface area (Å²) in [5.41, 5.74) is 14.7. The molecule has 5 N–H and O–H groups in total. The van der Waals surface area contributed by atoms with Crippen molar-refractivity contribution >= 4 is 28.4 Å². The van der Waals surface area contributed by atoms with E-state index in [1.165, 1.54) is 6.33 Å². The van der Waals surface area contributed by atoms with Crippen LogP contribution in [0.5, 0.6) is 0 Å². The van der Waals surface area contributed by atoms with Gasteiger partial charge in [-0.2, -0.15) is 5.26 Å². The largest absolute Gasteiger partial charge is 0.382 e. The quantitative estimate of drug-likeness (QED) is 0.412. The van der Waals surface area contributed by atoms with Gasteiger partial charge in [-0.05, 0) is 30.2 Å². The smallest absolute Gasteiger partial charge is 0.250 e. The fourth-order valence-electron chi connectivity index (χ4n) is 3.77. The molecule has 0 aliphatic rings. The summed E-state index contributed by atoms with van der Waals surface area (Å²) < 4.78 is 13.4. The lowest BCUT2D eigenvalue weighted by atomic mass is 9.91. The third kappa shape index (κ3) is 4.02. The Morgan fingerprint density at radius 2 is 1.97 bits per heavy atom. The molecule has 0 radical (unpaired) electrons. The van der Waals surface area contributed by atoms with Crippen molar-refractivity contribution in [3.8, 4) is 17.2 Å². The van der Waals surface area contributed by atoms with Gasteiger partial charge >= 0.3 is 0 Å². The number of pyridine rings is 1. The highest BCUT2D eigenvalue weighted by atomic mass is 19.1. The number of halogens is 1. The zero-order valence-electron chi connectivity index (χ0n) is 17.7. The Morgan fingerprint density at radius 3 is 2.64 bits per heavy atom. The average molecular weight is 441 g/mol. The second-order valence-electron chi connectivity index (χ2n) is 7.42. The number of anilines is 2. The summed E-state index contributed by atoms with van der Waals surface area (Å²) in [6.45, 7) is 1.14. The molecule has 0 saturated heterocycles. The van der Waals surface area contributed by atoms with Crippen molar-refractivity contribution in [2.75, 3.05) is 11.1 Å². The van der Waals surface area contributed by atoms with Gasteiger partial charge in [-0.15, -0.1) is 0 Å². The molecule has 1 unspecified atom stereocenters. The van der Waals surface area contributed by atoms with Crippen LogP contribution in [0.2, 0.25) is 0 Å². The van der Waals surface area contributed by atoms with E-state index in [-0.39, 0.29) is 22.8 Å². The zero-order chi connectivity index (χ0) is 23.5. The van der Waals surface area contributed by atoms with Crippen LogP contribution in [0.15, 0.2) is 54.9 Å². The van der Waals surface area contributed by atoms with E-state index in [0.717, 1.165) is 5.56 Å². The number of alkyl halides is 1. The first-order valence-electron chi connectivity index (χ1n) is 10.1. The number of nitrogen functional groups attached to an aromatic ring is 1. The number of hydrogen-bond acceptors (Lipinski definition) is 7. The van der Waals surface area contributed by atoms with Crippen LogP contribution in [0.4, 0.5) is 16.0 Å². The molecule has 4 rings (SSSR count). The minimum absolute atomic E-state index is 0.0496. The van der Waals surface area contributed by atoms with Gasteiger partial charge in [-0.1, -0.05) is 36.4 Å². The molecule has 164 valence electrons. The van der Waals surface area contributed by atoms with Gasteiger partial charge in [0, 0.05) is 10.9 Å². The summed E-state index contributed by atoms with van der Waals surface area (Å²) >= 11 is 0. The number of benzene rings is 2. The molecule has 4 aromatic rings. The SMILES string of the molecule is CC(Nc1ncnc(N)c1C#N)c1nc2ccc(CF)cc2c(C(N)=O)c1-c1ccccc1. The Balaban J connectivity index is 1.99. The predicted octanol–water partition coefficient (Wildman–Crippen LogP) is 3.89. The zero-order valence-corrected chi connectivity index (χ0v) is 17.7. The third-order valence-electron chi connectivity index (χ3n) is 5.29. The second-order valence-corrected chi connectivity index (χ2v) is 7.42. The maximum absolute atomic E-state index is 13.4. The minimum Gasteiger partial charge on any atom is -0.382 e. The van der Waals surface area contributed by atoms with Crippen molar-refractivity contribution in [2.24, 2.45) is 5.73 Å². The molecule has 2 aromatic carbocycles. The van der Waals surface area contributed by atoms with Gasteiger partial charge in [0.25, 0.3) is 0 Å². The number of hydrogen-bond donors (Lipinski definition) is 3. The number of aromatic nitrogens is 3. The highest BCUT2D eigenvalue weighted by molar-refractivity contribution is 6.11. The number of rotatable bonds is 6. The Bertz CT molecular complexity index is 1400. The van der Waals surface area contributed by atoms with Gasteiger partial charge in [-0.25, -0.2) is 19.3 Å². The van der Waals surface area contributed by atoms with E-state index in [4.69, 9.17) is 16.5 Å². The number of carbonyl (C=O) groups excluding carboxylic acids is 1. The topological polar surface area (TPSA) is 144 Å². The van der Waals surface area contributed by atoms with Gasteiger partial charge in [0.15, 0.2) is 0 Å². The molecule has 0 spiro atoms. The number of nitrogens with one attached hydrogen (secondary N) is 1. The summed E-state index contributed by atoms with van der Waals surface area (Å²) in [6.07, 6.45) is 1.25. The Kier molecular flexibility index (Phi) is 5.83. The molecule has 2 aromatic heterocycles. The first-order chi connectivity index (χ1) is 15.9. The van der Waals surface area contributed by atoms with Crippen molar-refractivity contribution in [3.63, 3.8) is 0 Å². The summed E-state index contributed by atoms with van der Waals surface area (Å²) in [4.78, 5) is 25.5. The third-order valence-corrected chi connectivity index (χ3v) is 5.29. The fraction of sp³-hybridized carbons (Fsp3) is 0.125. The average Bonchev–Trinajstić information content (AvgIpc) is 2.83. The first-order valence-corrected chi connectivity index (χ1v) is 10.1. The number of fused-ring (bicyclic) bond motifs is 1. The molecular formula is C24H20FN7O. The van der Waals surface area contributed by atoms with E-state index in [1.54, 1.807) is 18.2 Å². The van der Waals surface area contributed by atoms with Crippen molar-refractivity contribution in [2.45, 2.75) is 19.6 Å². The lowest BCUT2D eigenvalue weighted by Crippen LogP contribution is -2.19. The van der Waals surface area contributed by atoms with Crippen molar-refractivity contribution in [1.82, 2.24) is 15.0 Å². The maximum Gasteiger partial charge on any atom is 0.250 e. The maximum atomic E-state index is 13.4. The van der Waals surface area contributed by atoms with Crippen LogP contribution in [0.3, 0.4) is 0 Å². The molecule has 0 aliphatic carbocycles. The fourth-order valence-corrected chi connectivity index (χ4v) is 3.77. The molecule has 0 bridgehead atoms. The van der Waals surface area contributed by atoms with Crippen LogP contribution in [0, 0.1) is 11.3 Å². The predicted molar refractivity (Wildman–Crippen MR) is 124 cm³/mol. The Hall–Kier alpha value is -4.58. The van der Waals surface area contributed by atoms with Crippen LogP contribution in [0.1, 0.15) is 40.1 Å². The van der Waals surface area contributed by atoms with Crippen molar-refractivity contribution in [3.05, 3.63) is 77.2 Å². The minimum atomic E-state index is -0.680. The molecule has 9 heteroatoms. The summed E-state index contributed by atoms with van der Waals surface area (Å²) in [5.74, 6) is -0.366. The van der Waals surface area contributed by atoms with Gasteiger partial charge in [0.05, 0.1) is 22.8 Å². The van der Waals surface area contributed by atoms with Crippen LogP contribution < -0.4 is 16.8 Å². The lowest BCUT2D eigenvalue weighted by Gasteiger charge is -2.22. The Labute approximate surface area is 189 Å². The highest BCUT2D eigenvalue weighted by Crippen LogP contribution is 2.36. The van der Waals surface area contributed by atoms with E-state index in [2.05, 4.69) is 15.3 Å². The molecule has 1 amide bonds. The van der Waals surface area contributed by atoms with Gasteiger partial charge in [0.2, 0.25) is 5.91 Å². The second kappa shape index (κ2) is 8.88.